The lowest BCUT2D eigenvalue weighted by molar-refractivity contribution is 0.199. The Kier molecular flexibility index (Phi) is 5.38. The van der Waals surface area contributed by atoms with Crippen LogP contribution in [0.1, 0.15) is 31.9 Å². The lowest BCUT2D eigenvalue weighted by Crippen LogP contribution is -2.28. The van der Waals surface area contributed by atoms with E-state index in [1.165, 1.54) is 12.1 Å². The van der Waals surface area contributed by atoms with Gasteiger partial charge in [-0.3, -0.25) is 0 Å². The molecule has 96 valence electrons. The molecule has 1 aromatic rings. The van der Waals surface area contributed by atoms with Gasteiger partial charge in [-0.25, -0.2) is 4.39 Å². The van der Waals surface area contributed by atoms with Crippen molar-refractivity contribution >= 4 is 5.69 Å². The molecule has 0 spiro atoms. The predicted molar refractivity (Wildman–Crippen MR) is 66.6 cm³/mol. The number of nitrogens with zero attached hydrogens (tertiary/aromatic N) is 1. The van der Waals surface area contributed by atoms with Gasteiger partial charge in [-0.05, 0) is 31.5 Å². The molecule has 0 fully saturated rings. The molecule has 1 aromatic carbocycles. The van der Waals surface area contributed by atoms with Crippen LogP contribution in [0.2, 0.25) is 0 Å². The minimum Gasteiger partial charge on any atom is -0.395 e. The smallest absolute Gasteiger partial charge is 0.123 e. The van der Waals surface area contributed by atoms with Gasteiger partial charge in [0.1, 0.15) is 5.82 Å². The van der Waals surface area contributed by atoms with Crippen LogP contribution in [0, 0.1) is 5.82 Å². The molecule has 1 atom stereocenters. The van der Waals surface area contributed by atoms with Crippen molar-refractivity contribution in [1.29, 1.82) is 0 Å². The van der Waals surface area contributed by atoms with Gasteiger partial charge in [0.2, 0.25) is 0 Å². The van der Waals surface area contributed by atoms with E-state index < -0.39 is 6.10 Å². The molecule has 2 N–H and O–H groups in total. The van der Waals surface area contributed by atoms with Gasteiger partial charge in [0.05, 0.1) is 12.7 Å². The minimum atomic E-state index is -0.723. The van der Waals surface area contributed by atoms with Crippen LogP contribution in [0.3, 0.4) is 0 Å². The highest BCUT2D eigenvalue weighted by Crippen LogP contribution is 2.27. The topological polar surface area (TPSA) is 43.7 Å². The lowest BCUT2D eigenvalue weighted by atomic mass is 10.1. The molecule has 0 aliphatic heterocycles. The van der Waals surface area contributed by atoms with E-state index in [0.717, 1.165) is 18.7 Å². The second-order valence-electron chi connectivity index (χ2n) is 4.09. The van der Waals surface area contributed by atoms with Crippen LogP contribution in [0.4, 0.5) is 10.1 Å². The van der Waals surface area contributed by atoms with Gasteiger partial charge < -0.3 is 15.1 Å². The summed E-state index contributed by atoms with van der Waals surface area (Å²) in [5, 5.41) is 18.7. The first kappa shape index (κ1) is 13.9. The van der Waals surface area contributed by atoms with E-state index in [0.29, 0.717) is 12.1 Å². The van der Waals surface area contributed by atoms with Crippen LogP contribution in [0.5, 0.6) is 0 Å². The molecular weight excluding hydrogens is 221 g/mol. The van der Waals surface area contributed by atoms with E-state index >= 15 is 0 Å². The predicted octanol–water partition coefficient (Wildman–Crippen LogP) is 2.09. The summed E-state index contributed by atoms with van der Waals surface area (Å²) >= 11 is 0. The highest BCUT2D eigenvalue weighted by molar-refractivity contribution is 5.54. The quantitative estimate of drug-likeness (QED) is 0.801. The maximum Gasteiger partial charge on any atom is 0.123 e. The van der Waals surface area contributed by atoms with E-state index in [1.807, 2.05) is 11.8 Å². The van der Waals surface area contributed by atoms with Crippen LogP contribution in [-0.4, -0.2) is 29.9 Å². The van der Waals surface area contributed by atoms with Crippen molar-refractivity contribution in [3.05, 3.63) is 29.6 Å². The van der Waals surface area contributed by atoms with Gasteiger partial charge in [-0.1, -0.05) is 6.92 Å². The monoisotopic (exact) mass is 241 g/mol. The minimum absolute atomic E-state index is 0.0383. The highest BCUT2D eigenvalue weighted by atomic mass is 19.1. The summed E-state index contributed by atoms with van der Waals surface area (Å²) in [5.74, 6) is -0.356. The molecule has 4 heteroatoms. The van der Waals surface area contributed by atoms with E-state index in [4.69, 9.17) is 5.11 Å². The SMILES string of the molecule is CCCN(CCO)c1ccc(F)cc1[C@@H](C)O. The van der Waals surface area contributed by atoms with Crippen molar-refractivity contribution in [1.82, 2.24) is 0 Å². The number of aliphatic hydroxyl groups excluding tert-OH is 2. The third-order valence-corrected chi connectivity index (χ3v) is 2.64. The van der Waals surface area contributed by atoms with E-state index in [2.05, 4.69) is 0 Å². The summed E-state index contributed by atoms with van der Waals surface area (Å²) in [4.78, 5) is 1.96. The normalized spacial score (nSPS) is 12.5. The van der Waals surface area contributed by atoms with Gasteiger partial charge in [0.15, 0.2) is 0 Å². The number of hydrogen-bond donors (Lipinski definition) is 2. The lowest BCUT2D eigenvalue weighted by Gasteiger charge is -2.27. The van der Waals surface area contributed by atoms with Crippen molar-refractivity contribution in [2.24, 2.45) is 0 Å². The fourth-order valence-electron chi connectivity index (χ4n) is 1.89. The van der Waals surface area contributed by atoms with Gasteiger partial charge in [0, 0.05) is 24.3 Å². The molecule has 0 aliphatic rings. The number of hydrogen-bond acceptors (Lipinski definition) is 3. The summed E-state index contributed by atoms with van der Waals surface area (Å²) in [7, 11) is 0. The maximum absolute atomic E-state index is 13.2. The molecule has 17 heavy (non-hydrogen) atoms. The Morgan fingerprint density at radius 2 is 2.06 bits per heavy atom. The number of rotatable bonds is 6. The first-order valence-electron chi connectivity index (χ1n) is 5.93. The molecule has 0 amide bonds. The van der Waals surface area contributed by atoms with Crippen LogP contribution >= 0.6 is 0 Å². The fourth-order valence-corrected chi connectivity index (χ4v) is 1.89. The molecule has 1 rings (SSSR count). The molecule has 0 aromatic heterocycles. The largest absolute Gasteiger partial charge is 0.395 e. The third-order valence-electron chi connectivity index (χ3n) is 2.64. The Hall–Kier alpha value is -1.13. The number of benzene rings is 1. The summed E-state index contributed by atoms with van der Waals surface area (Å²) in [6.45, 7) is 4.94. The number of anilines is 1. The van der Waals surface area contributed by atoms with Crippen molar-refractivity contribution in [2.75, 3.05) is 24.6 Å². The van der Waals surface area contributed by atoms with Crippen LogP contribution < -0.4 is 4.90 Å². The van der Waals surface area contributed by atoms with Crippen LogP contribution in [0.15, 0.2) is 18.2 Å². The van der Waals surface area contributed by atoms with Gasteiger partial charge >= 0.3 is 0 Å². The fraction of sp³-hybridized carbons (Fsp3) is 0.538. The standard InChI is InChI=1S/C13H20FNO2/c1-3-6-15(7-8-16)13-5-4-11(14)9-12(13)10(2)17/h4-5,9-10,16-17H,3,6-8H2,1-2H3/t10-/m1/s1. The zero-order valence-electron chi connectivity index (χ0n) is 10.4. The second-order valence-corrected chi connectivity index (χ2v) is 4.09. The molecule has 0 heterocycles. The number of halogens is 1. The van der Waals surface area contributed by atoms with Gasteiger partial charge in [-0.15, -0.1) is 0 Å². The maximum atomic E-state index is 13.2. The third kappa shape index (κ3) is 3.68. The van der Waals surface area contributed by atoms with Crippen molar-refractivity contribution in [3.63, 3.8) is 0 Å². The van der Waals surface area contributed by atoms with E-state index in [-0.39, 0.29) is 12.4 Å². The first-order valence-corrected chi connectivity index (χ1v) is 5.93. The number of aliphatic hydroxyl groups is 2. The van der Waals surface area contributed by atoms with Crippen molar-refractivity contribution in [2.45, 2.75) is 26.4 Å². The molecule has 0 aliphatic carbocycles. The van der Waals surface area contributed by atoms with E-state index in [1.54, 1.807) is 13.0 Å². The Morgan fingerprint density at radius 3 is 2.59 bits per heavy atom. The Morgan fingerprint density at radius 1 is 1.35 bits per heavy atom. The van der Waals surface area contributed by atoms with Crippen molar-refractivity contribution < 1.29 is 14.6 Å². The molecule has 0 bridgehead atoms. The zero-order chi connectivity index (χ0) is 12.8. The average molecular weight is 241 g/mol. The second kappa shape index (κ2) is 6.57. The van der Waals surface area contributed by atoms with Gasteiger partial charge in [-0.2, -0.15) is 0 Å². The Balaban J connectivity index is 3.07. The average Bonchev–Trinajstić information content (AvgIpc) is 2.28. The molecule has 0 unspecified atom stereocenters. The summed E-state index contributed by atoms with van der Waals surface area (Å²) in [5.41, 5.74) is 1.35. The molecular formula is C13H20FNO2. The first-order chi connectivity index (χ1) is 8.10. The molecule has 3 nitrogen and oxygen atoms in total. The van der Waals surface area contributed by atoms with E-state index in [9.17, 15) is 9.50 Å². The Labute approximate surface area is 101 Å². The van der Waals surface area contributed by atoms with Gasteiger partial charge in [0.25, 0.3) is 0 Å². The molecule has 0 saturated carbocycles. The highest BCUT2D eigenvalue weighted by Gasteiger charge is 2.14. The van der Waals surface area contributed by atoms with Crippen LogP contribution in [-0.2, 0) is 0 Å². The zero-order valence-corrected chi connectivity index (χ0v) is 10.4. The summed E-state index contributed by atoms with van der Waals surface area (Å²) < 4.78 is 13.2. The molecule has 0 saturated heterocycles. The summed E-state index contributed by atoms with van der Waals surface area (Å²) in [6.07, 6.45) is 0.204. The summed E-state index contributed by atoms with van der Waals surface area (Å²) in [6, 6.07) is 4.38. The van der Waals surface area contributed by atoms with Crippen molar-refractivity contribution in [3.8, 4) is 0 Å². The van der Waals surface area contributed by atoms with Crippen LogP contribution in [0.25, 0.3) is 0 Å². The molecule has 0 radical (unpaired) electrons. The Bertz CT molecular complexity index is 349.